The molecule has 0 radical (unpaired) electrons. The lowest BCUT2D eigenvalue weighted by molar-refractivity contribution is -0.130. The molecule has 1 aliphatic rings. The van der Waals surface area contributed by atoms with Crippen molar-refractivity contribution in [1.29, 1.82) is 0 Å². The highest BCUT2D eigenvalue weighted by molar-refractivity contribution is 6.16. The van der Waals surface area contributed by atoms with Crippen LogP contribution < -0.4 is 4.74 Å². The van der Waals surface area contributed by atoms with Crippen molar-refractivity contribution in [1.82, 2.24) is 4.90 Å². The van der Waals surface area contributed by atoms with Crippen molar-refractivity contribution in [2.45, 2.75) is 32.4 Å². The molecule has 0 bridgehead atoms. The number of carbonyl (C=O) groups excluding carboxylic acids is 2. The molecule has 0 fully saturated rings. The minimum atomic E-state index is -0.775. The number of amides is 1. The molecule has 4 aromatic rings. The van der Waals surface area contributed by atoms with E-state index in [1.807, 2.05) is 72.8 Å². The van der Waals surface area contributed by atoms with Gasteiger partial charge in [0.15, 0.2) is 11.5 Å². The van der Waals surface area contributed by atoms with Crippen LogP contribution in [-0.2, 0) is 11.3 Å². The number of aliphatic hydroxyl groups is 1. The minimum absolute atomic E-state index is 0.00892. The number of fused-ring (bicyclic) bond motifs is 1. The van der Waals surface area contributed by atoms with Crippen molar-refractivity contribution in [2.75, 3.05) is 6.61 Å². The number of carbonyl (C=O) groups is 2. The Morgan fingerprint density at radius 1 is 1.00 bits per heavy atom. The van der Waals surface area contributed by atoms with Crippen LogP contribution >= 0.6 is 0 Å². The lowest BCUT2D eigenvalue weighted by Crippen LogP contribution is -2.30. The standard InChI is InChI=1S/C30H27NO5/c1-2-3-17-35-23-15-13-21(14-16-23)27-26(28(32)25-18-22-11-7-8-12-24(22)36-25)29(33)30(34)31(27)19-20-9-5-4-6-10-20/h4-16,18,27,33H,2-3,17,19H2,1H3. The maximum Gasteiger partial charge on any atom is 0.290 e. The van der Waals surface area contributed by atoms with Crippen LogP contribution in [0.4, 0.5) is 0 Å². The maximum atomic E-state index is 13.7. The molecule has 0 saturated heterocycles. The number of furan rings is 1. The third-order valence-electron chi connectivity index (χ3n) is 6.36. The average molecular weight is 482 g/mol. The molecule has 1 aliphatic heterocycles. The Hall–Kier alpha value is -4.32. The number of nitrogens with zero attached hydrogens (tertiary/aromatic N) is 1. The highest BCUT2D eigenvalue weighted by Gasteiger charge is 2.44. The smallest absolute Gasteiger partial charge is 0.290 e. The van der Waals surface area contributed by atoms with Crippen LogP contribution in [0.25, 0.3) is 11.0 Å². The van der Waals surface area contributed by atoms with E-state index >= 15 is 0 Å². The van der Waals surface area contributed by atoms with Crippen molar-refractivity contribution < 1.29 is 23.8 Å². The van der Waals surface area contributed by atoms with Gasteiger partial charge < -0.3 is 19.2 Å². The second-order valence-electron chi connectivity index (χ2n) is 8.83. The molecule has 36 heavy (non-hydrogen) atoms. The van der Waals surface area contributed by atoms with E-state index in [0.717, 1.165) is 23.8 Å². The predicted octanol–water partition coefficient (Wildman–Crippen LogP) is 6.39. The largest absolute Gasteiger partial charge is 0.503 e. The summed E-state index contributed by atoms with van der Waals surface area (Å²) in [7, 11) is 0. The van der Waals surface area contributed by atoms with Crippen LogP contribution in [0.3, 0.4) is 0 Å². The molecule has 2 heterocycles. The van der Waals surface area contributed by atoms with Gasteiger partial charge in [-0.3, -0.25) is 9.59 Å². The van der Waals surface area contributed by atoms with Crippen LogP contribution in [0.15, 0.2) is 101 Å². The zero-order valence-electron chi connectivity index (χ0n) is 20.0. The van der Waals surface area contributed by atoms with Crippen molar-refractivity contribution in [2.24, 2.45) is 0 Å². The van der Waals surface area contributed by atoms with E-state index in [-0.39, 0.29) is 17.9 Å². The molecule has 1 unspecified atom stereocenters. The summed E-state index contributed by atoms with van der Waals surface area (Å²) in [5.41, 5.74) is 2.16. The van der Waals surface area contributed by atoms with Gasteiger partial charge in [0.2, 0.25) is 5.78 Å². The van der Waals surface area contributed by atoms with E-state index in [0.29, 0.717) is 23.5 Å². The fourth-order valence-corrected chi connectivity index (χ4v) is 4.48. The van der Waals surface area contributed by atoms with E-state index in [9.17, 15) is 14.7 Å². The van der Waals surface area contributed by atoms with Gasteiger partial charge in [-0.15, -0.1) is 0 Å². The number of para-hydroxylation sites is 1. The molecule has 1 N–H and O–H groups in total. The maximum absolute atomic E-state index is 13.7. The summed E-state index contributed by atoms with van der Waals surface area (Å²) in [5.74, 6) is -0.863. The van der Waals surface area contributed by atoms with Crippen LogP contribution in [0.1, 0.15) is 47.5 Å². The Kier molecular flexibility index (Phi) is 6.58. The molecule has 0 aliphatic carbocycles. The third kappa shape index (κ3) is 4.50. The minimum Gasteiger partial charge on any atom is -0.503 e. The molecule has 1 aromatic heterocycles. The highest BCUT2D eigenvalue weighted by Crippen LogP contribution is 2.41. The molecule has 0 spiro atoms. The summed E-state index contributed by atoms with van der Waals surface area (Å²) < 4.78 is 11.6. The van der Waals surface area contributed by atoms with Gasteiger partial charge in [0, 0.05) is 11.9 Å². The van der Waals surface area contributed by atoms with Crippen molar-refractivity contribution in [3.05, 3.63) is 113 Å². The van der Waals surface area contributed by atoms with E-state index in [1.165, 1.54) is 4.90 Å². The van der Waals surface area contributed by atoms with Crippen LogP contribution in [-0.4, -0.2) is 28.3 Å². The molecule has 0 saturated carbocycles. The Morgan fingerprint density at radius 2 is 1.72 bits per heavy atom. The number of hydrogen-bond donors (Lipinski definition) is 1. The van der Waals surface area contributed by atoms with Gasteiger partial charge in [0.1, 0.15) is 11.3 Å². The average Bonchev–Trinajstić information content (AvgIpc) is 3.45. The van der Waals surface area contributed by atoms with Gasteiger partial charge in [0.05, 0.1) is 18.2 Å². The molecule has 6 nitrogen and oxygen atoms in total. The van der Waals surface area contributed by atoms with Gasteiger partial charge in [-0.2, -0.15) is 0 Å². The van der Waals surface area contributed by atoms with Crippen LogP contribution in [0, 0.1) is 0 Å². The summed E-state index contributed by atoms with van der Waals surface area (Å²) >= 11 is 0. The molecule has 1 atom stereocenters. The molecule has 3 aromatic carbocycles. The predicted molar refractivity (Wildman–Crippen MR) is 137 cm³/mol. The first-order valence-electron chi connectivity index (χ1n) is 12.1. The monoisotopic (exact) mass is 481 g/mol. The second kappa shape index (κ2) is 10.1. The van der Waals surface area contributed by atoms with Gasteiger partial charge in [-0.05, 0) is 41.8 Å². The molecule has 6 heteroatoms. The molecule has 182 valence electrons. The van der Waals surface area contributed by atoms with Gasteiger partial charge >= 0.3 is 0 Å². The Balaban J connectivity index is 1.53. The number of rotatable bonds is 9. The highest BCUT2D eigenvalue weighted by atomic mass is 16.5. The zero-order chi connectivity index (χ0) is 25.1. The fraction of sp³-hybridized carbons (Fsp3) is 0.200. The lowest BCUT2D eigenvalue weighted by atomic mass is 9.94. The van der Waals surface area contributed by atoms with Gasteiger partial charge in [0.25, 0.3) is 5.91 Å². The van der Waals surface area contributed by atoms with Gasteiger partial charge in [-0.1, -0.05) is 74.0 Å². The van der Waals surface area contributed by atoms with Gasteiger partial charge in [-0.25, -0.2) is 0 Å². The summed E-state index contributed by atoms with van der Waals surface area (Å²) in [6.07, 6.45) is 1.99. The van der Waals surface area contributed by atoms with Crippen molar-refractivity contribution in [3.8, 4) is 5.75 Å². The fourth-order valence-electron chi connectivity index (χ4n) is 4.48. The SMILES string of the molecule is CCCCOc1ccc(C2C(C(=O)c3cc4ccccc4o3)=C(O)C(=O)N2Cc2ccccc2)cc1. The molecular weight excluding hydrogens is 454 g/mol. The molecule has 1 amide bonds. The number of benzene rings is 3. The summed E-state index contributed by atoms with van der Waals surface area (Å²) in [4.78, 5) is 28.5. The number of hydrogen-bond acceptors (Lipinski definition) is 5. The first kappa shape index (κ1) is 23.4. The summed E-state index contributed by atoms with van der Waals surface area (Å²) in [6, 6.07) is 25.0. The Bertz CT molecular complexity index is 1390. The number of ketones is 1. The number of unbranched alkanes of at least 4 members (excludes halogenated alkanes) is 1. The number of ether oxygens (including phenoxy) is 1. The van der Waals surface area contributed by atoms with E-state index in [2.05, 4.69) is 6.92 Å². The molecular formula is C30H27NO5. The lowest BCUT2D eigenvalue weighted by Gasteiger charge is -2.27. The van der Waals surface area contributed by atoms with Crippen molar-refractivity contribution in [3.63, 3.8) is 0 Å². The number of Topliss-reactive ketones (excluding diaryl/α,β-unsaturated/α-hetero) is 1. The first-order valence-corrected chi connectivity index (χ1v) is 12.1. The topological polar surface area (TPSA) is 80.0 Å². The second-order valence-corrected chi connectivity index (χ2v) is 8.83. The summed E-state index contributed by atoms with van der Waals surface area (Å²) in [6.45, 7) is 2.96. The van der Waals surface area contributed by atoms with Crippen molar-refractivity contribution >= 4 is 22.7 Å². The molecule has 5 rings (SSSR count). The Morgan fingerprint density at radius 3 is 2.44 bits per heavy atom. The van der Waals surface area contributed by atoms with Crippen LogP contribution in [0.2, 0.25) is 0 Å². The van der Waals surface area contributed by atoms with E-state index in [4.69, 9.17) is 9.15 Å². The zero-order valence-corrected chi connectivity index (χ0v) is 20.0. The number of aliphatic hydroxyl groups excluding tert-OH is 1. The quantitative estimate of drug-likeness (QED) is 0.221. The van der Waals surface area contributed by atoms with E-state index in [1.54, 1.807) is 12.1 Å². The summed E-state index contributed by atoms with van der Waals surface area (Å²) in [5, 5.41) is 11.7. The Labute approximate surface area is 209 Å². The van der Waals surface area contributed by atoms with Crippen LogP contribution in [0.5, 0.6) is 5.75 Å². The third-order valence-corrected chi connectivity index (χ3v) is 6.36. The van der Waals surface area contributed by atoms with E-state index < -0.39 is 23.5 Å². The normalized spacial score (nSPS) is 15.6. The first-order chi connectivity index (χ1) is 17.6.